The van der Waals surface area contributed by atoms with Gasteiger partial charge in [-0.3, -0.25) is 23.4 Å². The quantitative estimate of drug-likeness (QED) is 0.101. The molecule has 1 unspecified atom stereocenters. The summed E-state index contributed by atoms with van der Waals surface area (Å²) in [6.45, 7) is 4.29. The van der Waals surface area contributed by atoms with Gasteiger partial charge in [-0.2, -0.15) is 4.98 Å². The van der Waals surface area contributed by atoms with Crippen LogP contribution < -0.4 is 11.3 Å². The van der Waals surface area contributed by atoms with E-state index in [0.29, 0.717) is 0 Å². The van der Waals surface area contributed by atoms with Crippen molar-refractivity contribution in [1.82, 2.24) is 19.5 Å². The first kappa shape index (κ1) is 32.8. The normalized spacial score (nSPS) is 26.1. The predicted molar refractivity (Wildman–Crippen MR) is 133 cm³/mol. The van der Waals surface area contributed by atoms with E-state index in [9.17, 15) is 24.4 Å². The highest BCUT2D eigenvalue weighted by atomic mass is 31.2. The van der Waals surface area contributed by atoms with Gasteiger partial charge in [0.1, 0.15) is 25.1 Å². The van der Waals surface area contributed by atoms with Gasteiger partial charge in [0.05, 0.1) is 18.5 Å². The molecule has 20 heteroatoms. The van der Waals surface area contributed by atoms with E-state index in [4.69, 9.17) is 38.3 Å². The zero-order chi connectivity index (χ0) is 30.6. The molecule has 2 aromatic heterocycles. The summed E-state index contributed by atoms with van der Waals surface area (Å²) in [6.07, 6.45) is -4.91. The number of hydrogen-bond acceptors (Lipinski definition) is 16. The van der Waals surface area contributed by atoms with Crippen molar-refractivity contribution in [2.75, 3.05) is 32.7 Å². The number of nitrogens with zero attached hydrogens (tertiary/aromatic N) is 3. The highest BCUT2D eigenvalue weighted by Gasteiger charge is 2.64. The van der Waals surface area contributed by atoms with E-state index in [1.165, 1.54) is 0 Å². The number of aliphatic hydroxyl groups excluding tert-OH is 1. The van der Waals surface area contributed by atoms with Gasteiger partial charge < -0.3 is 39.6 Å². The van der Waals surface area contributed by atoms with Gasteiger partial charge in [0, 0.05) is 0 Å². The van der Waals surface area contributed by atoms with Gasteiger partial charge in [-0.05, 0) is 34.6 Å². The van der Waals surface area contributed by atoms with E-state index < -0.39 is 69.6 Å². The van der Waals surface area contributed by atoms with E-state index in [-0.39, 0.29) is 30.0 Å². The topological polar surface area (TPSA) is 238 Å². The molecule has 0 spiro atoms. The minimum absolute atomic E-state index is 0.183. The van der Waals surface area contributed by atoms with Crippen LogP contribution in [0.15, 0.2) is 11.1 Å². The highest BCUT2D eigenvalue weighted by molar-refractivity contribution is 7.48. The Morgan fingerprint density at radius 2 is 1.93 bits per heavy atom. The van der Waals surface area contributed by atoms with Crippen LogP contribution in [0.4, 0.5) is 15.1 Å². The molecule has 5 atom stereocenters. The molecule has 1 aliphatic rings. The van der Waals surface area contributed by atoms with Crippen molar-refractivity contribution in [1.29, 1.82) is 0 Å². The molecule has 1 fully saturated rings. The van der Waals surface area contributed by atoms with Gasteiger partial charge in [-0.15, -0.1) is 0 Å². The number of nitrogens with two attached hydrogens (primary N) is 1. The number of carbonyl (C=O) groups excluding carboxylic acids is 1. The lowest BCUT2D eigenvalue weighted by Crippen LogP contribution is -2.49. The van der Waals surface area contributed by atoms with E-state index in [0.717, 1.165) is 17.8 Å². The largest absolute Gasteiger partial charge is 0.510 e. The van der Waals surface area contributed by atoms with E-state index in [1.54, 1.807) is 27.7 Å². The van der Waals surface area contributed by atoms with Gasteiger partial charge in [0.25, 0.3) is 11.4 Å². The first-order valence-electron chi connectivity index (χ1n) is 12.1. The number of rotatable bonds is 14. The number of nitrogen functional groups attached to an aromatic ring is 1. The van der Waals surface area contributed by atoms with Crippen molar-refractivity contribution in [2.24, 2.45) is 0 Å². The minimum Gasteiger partial charge on any atom is -0.432 e. The first-order chi connectivity index (χ1) is 19.1. The number of aliphatic hydroxyl groups is 2. The fourth-order valence-electron chi connectivity index (χ4n) is 3.47. The summed E-state index contributed by atoms with van der Waals surface area (Å²) in [5.74, 6) is -3.54. The van der Waals surface area contributed by atoms with Crippen molar-refractivity contribution in [3.8, 4) is 0 Å². The summed E-state index contributed by atoms with van der Waals surface area (Å²) in [7, 11) is -4.79. The SMILES string of the molecule is CC(C)OCOCOP(=O)(OCOC(=O)OC(C)C)OC[C@@]1(F)O[C@@H](n2cnc3c(=O)[nH]c(N)nc32)[C@](C)(O)[C@@H]1O. The average Bonchev–Trinajstić information content (AvgIpc) is 3.35. The summed E-state index contributed by atoms with van der Waals surface area (Å²) in [6, 6.07) is 0. The van der Waals surface area contributed by atoms with Gasteiger partial charge in [0.2, 0.25) is 12.7 Å². The van der Waals surface area contributed by atoms with Crippen LogP contribution in [0, 0.1) is 0 Å². The molecule has 232 valence electrons. The van der Waals surface area contributed by atoms with Crippen molar-refractivity contribution in [2.45, 2.75) is 70.6 Å². The molecule has 5 N–H and O–H groups in total. The van der Waals surface area contributed by atoms with Crippen molar-refractivity contribution in [3.63, 3.8) is 0 Å². The van der Waals surface area contributed by atoms with E-state index in [1.807, 2.05) is 0 Å². The second-order valence-corrected chi connectivity index (χ2v) is 11.1. The second kappa shape index (κ2) is 13.1. The molecular weight excluding hydrogens is 580 g/mol. The second-order valence-electron chi connectivity index (χ2n) is 9.47. The average molecular weight is 613 g/mol. The Bertz CT molecular complexity index is 1300. The number of anilines is 1. The molecule has 1 saturated heterocycles. The maximum absolute atomic E-state index is 16.0. The third-order valence-electron chi connectivity index (χ3n) is 5.39. The first-order valence-corrected chi connectivity index (χ1v) is 13.6. The number of alkyl halides is 1. The summed E-state index contributed by atoms with van der Waals surface area (Å²) in [4.78, 5) is 33.7. The number of imidazole rings is 1. The van der Waals surface area contributed by atoms with E-state index >= 15 is 4.39 Å². The number of nitrogens with one attached hydrogen (secondary N) is 1. The molecule has 0 radical (unpaired) electrons. The molecule has 0 aliphatic carbocycles. The van der Waals surface area contributed by atoms with Crippen molar-refractivity contribution < 1.29 is 61.2 Å². The number of aromatic nitrogens is 4. The molecule has 3 rings (SSSR count). The smallest absolute Gasteiger partial charge is 0.432 e. The lowest BCUT2D eigenvalue weighted by atomic mass is 9.95. The van der Waals surface area contributed by atoms with E-state index in [2.05, 4.69) is 19.7 Å². The Labute approximate surface area is 232 Å². The fourth-order valence-corrected chi connectivity index (χ4v) is 4.41. The van der Waals surface area contributed by atoms with Crippen LogP contribution in [0.3, 0.4) is 0 Å². The maximum Gasteiger partial charge on any atom is 0.510 e. The third-order valence-corrected chi connectivity index (χ3v) is 6.68. The number of H-pyrrole nitrogens is 1. The number of fused-ring (bicyclic) bond motifs is 1. The van der Waals surface area contributed by atoms with Gasteiger partial charge in [-0.1, -0.05) is 0 Å². The van der Waals surface area contributed by atoms with Crippen LogP contribution in [-0.4, -0.2) is 92.6 Å². The molecular formula is C21H33FN5O13P. The number of phosphoric ester groups is 1. The Morgan fingerprint density at radius 3 is 2.59 bits per heavy atom. The monoisotopic (exact) mass is 613 g/mol. The van der Waals surface area contributed by atoms with Crippen molar-refractivity contribution >= 4 is 31.1 Å². The molecule has 41 heavy (non-hydrogen) atoms. The molecule has 0 bridgehead atoms. The maximum atomic E-state index is 16.0. The predicted octanol–water partition coefficient (Wildman–Crippen LogP) is 1.04. The van der Waals surface area contributed by atoms with Crippen LogP contribution in [-0.2, 0) is 41.8 Å². The zero-order valence-corrected chi connectivity index (χ0v) is 23.7. The summed E-state index contributed by atoms with van der Waals surface area (Å²) < 4.78 is 69.9. The molecule has 0 saturated carbocycles. The third kappa shape index (κ3) is 7.97. The van der Waals surface area contributed by atoms with Crippen LogP contribution in [0.2, 0.25) is 0 Å². The highest BCUT2D eigenvalue weighted by Crippen LogP contribution is 2.53. The molecule has 2 aromatic rings. The van der Waals surface area contributed by atoms with Gasteiger partial charge in [-0.25, -0.2) is 23.3 Å². The number of phosphoric acid groups is 1. The fraction of sp³-hybridized carbons (Fsp3) is 0.714. The Morgan fingerprint density at radius 1 is 1.24 bits per heavy atom. The zero-order valence-electron chi connectivity index (χ0n) is 22.8. The van der Waals surface area contributed by atoms with Crippen LogP contribution in [0.25, 0.3) is 11.2 Å². The molecule has 0 aromatic carbocycles. The molecule has 1 aliphatic heterocycles. The number of carbonyl (C=O) groups is 1. The Kier molecular flexibility index (Phi) is 10.4. The Hall–Kier alpha value is -2.74. The van der Waals surface area contributed by atoms with Crippen LogP contribution in [0.5, 0.6) is 0 Å². The molecule has 0 amide bonds. The minimum atomic E-state index is -4.79. The molecule has 3 heterocycles. The molecule has 18 nitrogen and oxygen atoms in total. The number of ether oxygens (including phenoxy) is 5. The standard InChI is InChI=1S/C21H33FN5O13P/c1-11(2)34-8-33-9-37-41(32,38-10-35-19(30)39-12(3)4)36-6-21(22)16(29)20(5,31)17(40-21)27-7-24-13-14(27)25-18(23)26-15(13)28/h7,11-12,16-17,29,31H,6,8-10H2,1-5H3,(H3,23,25,26,28)/t16-,17+,20+,21+,41?/m0/s1. The number of hydrogen-bond donors (Lipinski definition) is 4. The van der Waals surface area contributed by atoms with Gasteiger partial charge in [0.15, 0.2) is 24.2 Å². The number of aromatic amines is 1. The summed E-state index contributed by atoms with van der Waals surface area (Å²) >= 11 is 0. The summed E-state index contributed by atoms with van der Waals surface area (Å²) in [5, 5.41) is 21.7. The van der Waals surface area contributed by atoms with Crippen LogP contribution in [0.1, 0.15) is 40.8 Å². The van der Waals surface area contributed by atoms with Crippen molar-refractivity contribution in [3.05, 3.63) is 16.7 Å². The lowest BCUT2D eigenvalue weighted by molar-refractivity contribution is -0.206. The van der Waals surface area contributed by atoms with Gasteiger partial charge >= 0.3 is 14.0 Å². The Balaban J connectivity index is 1.75. The lowest BCUT2D eigenvalue weighted by Gasteiger charge is -2.28. The van der Waals surface area contributed by atoms with Crippen LogP contribution >= 0.6 is 7.82 Å². The summed E-state index contributed by atoms with van der Waals surface area (Å²) in [5.41, 5.74) is 2.10. The number of halogens is 1.